The molecule has 1 atom stereocenters. The topological polar surface area (TPSA) is 33.1 Å². The number of aromatic nitrogens is 2. The molecule has 0 amide bonds. The van der Waals surface area contributed by atoms with Gasteiger partial charge in [-0.05, 0) is 18.6 Å². The Bertz CT molecular complexity index is 563. The standard InChI is InChI=1S/C16H22N4/c1-16(14-6-4-3-5-7-14)13-17-9-11-20(16)12-15-8-10-19(2)18-15/h3-8,10,17H,9,11-13H2,1-2H3. The summed E-state index contributed by atoms with van der Waals surface area (Å²) in [6.45, 7) is 6.27. The summed E-state index contributed by atoms with van der Waals surface area (Å²) < 4.78 is 1.87. The molecule has 1 fully saturated rings. The molecule has 0 spiro atoms. The molecule has 1 aliphatic heterocycles. The lowest BCUT2D eigenvalue weighted by molar-refractivity contribution is 0.0635. The van der Waals surface area contributed by atoms with Gasteiger partial charge in [-0.15, -0.1) is 0 Å². The average molecular weight is 270 g/mol. The maximum Gasteiger partial charge on any atom is 0.0764 e. The van der Waals surface area contributed by atoms with E-state index in [1.54, 1.807) is 0 Å². The van der Waals surface area contributed by atoms with Crippen LogP contribution in [0.25, 0.3) is 0 Å². The molecule has 0 aliphatic carbocycles. The van der Waals surface area contributed by atoms with Gasteiger partial charge in [0.2, 0.25) is 0 Å². The number of aryl methyl sites for hydroxylation is 1. The third-order valence-electron chi connectivity index (χ3n) is 4.24. The van der Waals surface area contributed by atoms with Crippen LogP contribution in [0, 0.1) is 0 Å². The fourth-order valence-electron chi connectivity index (χ4n) is 2.98. The fraction of sp³-hybridized carbons (Fsp3) is 0.438. The van der Waals surface area contributed by atoms with Gasteiger partial charge in [0.05, 0.1) is 11.2 Å². The molecule has 106 valence electrons. The van der Waals surface area contributed by atoms with E-state index in [-0.39, 0.29) is 5.54 Å². The van der Waals surface area contributed by atoms with Crippen LogP contribution < -0.4 is 5.32 Å². The van der Waals surface area contributed by atoms with Crippen LogP contribution in [-0.2, 0) is 19.1 Å². The van der Waals surface area contributed by atoms with Gasteiger partial charge in [-0.1, -0.05) is 30.3 Å². The van der Waals surface area contributed by atoms with Crippen molar-refractivity contribution in [3.8, 4) is 0 Å². The molecule has 1 aromatic heterocycles. The highest BCUT2D eigenvalue weighted by Crippen LogP contribution is 2.30. The van der Waals surface area contributed by atoms with Crippen LogP contribution in [0.1, 0.15) is 18.2 Å². The molecule has 1 unspecified atom stereocenters. The predicted octanol–water partition coefficient (Wildman–Crippen LogP) is 1.74. The Balaban J connectivity index is 1.87. The molecule has 1 N–H and O–H groups in total. The first kappa shape index (κ1) is 13.3. The number of nitrogens with one attached hydrogen (secondary N) is 1. The summed E-state index contributed by atoms with van der Waals surface area (Å²) in [5.74, 6) is 0. The maximum atomic E-state index is 4.52. The van der Waals surface area contributed by atoms with Crippen LogP contribution >= 0.6 is 0 Å². The zero-order valence-corrected chi connectivity index (χ0v) is 12.2. The van der Waals surface area contributed by atoms with Crippen LogP contribution in [0.2, 0.25) is 0 Å². The van der Waals surface area contributed by atoms with Gasteiger partial charge in [0.1, 0.15) is 0 Å². The molecule has 4 heteroatoms. The second-order valence-electron chi connectivity index (χ2n) is 5.72. The number of piperazine rings is 1. The highest BCUT2D eigenvalue weighted by atomic mass is 15.3. The van der Waals surface area contributed by atoms with Gasteiger partial charge in [0, 0.05) is 39.4 Å². The number of rotatable bonds is 3. The minimum atomic E-state index is 0.0248. The summed E-state index contributed by atoms with van der Waals surface area (Å²) in [4.78, 5) is 2.53. The molecular weight excluding hydrogens is 248 g/mol. The molecule has 1 aromatic carbocycles. The maximum absolute atomic E-state index is 4.52. The van der Waals surface area contributed by atoms with Gasteiger partial charge in [-0.3, -0.25) is 9.58 Å². The zero-order chi connectivity index (χ0) is 14.0. The van der Waals surface area contributed by atoms with E-state index in [9.17, 15) is 0 Å². The third-order valence-corrected chi connectivity index (χ3v) is 4.24. The first-order valence-corrected chi connectivity index (χ1v) is 7.18. The minimum absolute atomic E-state index is 0.0248. The van der Waals surface area contributed by atoms with E-state index in [1.807, 2.05) is 17.9 Å². The van der Waals surface area contributed by atoms with E-state index >= 15 is 0 Å². The molecule has 3 rings (SSSR count). The van der Waals surface area contributed by atoms with E-state index in [1.165, 1.54) is 5.56 Å². The monoisotopic (exact) mass is 270 g/mol. The molecule has 0 radical (unpaired) electrons. The van der Waals surface area contributed by atoms with Crippen molar-refractivity contribution >= 4 is 0 Å². The van der Waals surface area contributed by atoms with E-state index in [4.69, 9.17) is 0 Å². The van der Waals surface area contributed by atoms with Crippen molar-refractivity contribution in [2.24, 2.45) is 7.05 Å². The largest absolute Gasteiger partial charge is 0.313 e. The summed E-state index contributed by atoms with van der Waals surface area (Å²) in [7, 11) is 1.97. The van der Waals surface area contributed by atoms with E-state index < -0.39 is 0 Å². The summed E-state index contributed by atoms with van der Waals surface area (Å²) in [6.07, 6.45) is 2.01. The molecule has 20 heavy (non-hydrogen) atoms. The number of hydrogen-bond donors (Lipinski definition) is 1. The van der Waals surface area contributed by atoms with Crippen molar-refractivity contribution in [3.05, 3.63) is 53.9 Å². The highest BCUT2D eigenvalue weighted by molar-refractivity contribution is 5.25. The highest BCUT2D eigenvalue weighted by Gasteiger charge is 2.36. The Morgan fingerprint density at radius 1 is 1.25 bits per heavy atom. The van der Waals surface area contributed by atoms with Crippen molar-refractivity contribution < 1.29 is 0 Å². The second-order valence-corrected chi connectivity index (χ2v) is 5.72. The quantitative estimate of drug-likeness (QED) is 0.922. The van der Waals surface area contributed by atoms with Crippen LogP contribution in [0.5, 0.6) is 0 Å². The Hall–Kier alpha value is -1.65. The molecular formula is C16H22N4. The Morgan fingerprint density at radius 3 is 2.75 bits per heavy atom. The van der Waals surface area contributed by atoms with Gasteiger partial charge in [0.15, 0.2) is 0 Å². The Morgan fingerprint density at radius 2 is 2.05 bits per heavy atom. The van der Waals surface area contributed by atoms with Crippen molar-refractivity contribution in [1.29, 1.82) is 0 Å². The SMILES string of the molecule is Cn1ccc(CN2CCNCC2(C)c2ccccc2)n1. The molecule has 4 nitrogen and oxygen atoms in total. The van der Waals surface area contributed by atoms with Crippen LogP contribution in [0.3, 0.4) is 0 Å². The van der Waals surface area contributed by atoms with Crippen LogP contribution in [0.15, 0.2) is 42.6 Å². The van der Waals surface area contributed by atoms with Crippen LogP contribution in [0.4, 0.5) is 0 Å². The number of hydrogen-bond acceptors (Lipinski definition) is 3. The predicted molar refractivity (Wildman–Crippen MR) is 80.3 cm³/mol. The summed E-state index contributed by atoms with van der Waals surface area (Å²) in [5, 5.41) is 8.05. The third kappa shape index (κ3) is 2.49. The van der Waals surface area contributed by atoms with Crippen LogP contribution in [-0.4, -0.2) is 34.3 Å². The summed E-state index contributed by atoms with van der Waals surface area (Å²) in [5.41, 5.74) is 2.52. The Kier molecular flexibility index (Phi) is 3.59. The fourth-order valence-corrected chi connectivity index (χ4v) is 2.98. The minimum Gasteiger partial charge on any atom is -0.313 e. The van der Waals surface area contributed by atoms with Gasteiger partial charge in [-0.25, -0.2) is 0 Å². The normalized spacial score (nSPS) is 23.9. The van der Waals surface area contributed by atoms with Crippen molar-refractivity contribution in [3.63, 3.8) is 0 Å². The van der Waals surface area contributed by atoms with Gasteiger partial charge < -0.3 is 5.32 Å². The molecule has 1 saturated heterocycles. The first-order valence-electron chi connectivity index (χ1n) is 7.18. The molecule has 2 aromatic rings. The lowest BCUT2D eigenvalue weighted by atomic mass is 9.88. The number of benzene rings is 1. The van der Waals surface area contributed by atoms with Crippen molar-refractivity contribution in [2.45, 2.75) is 19.0 Å². The average Bonchev–Trinajstić information content (AvgIpc) is 2.88. The van der Waals surface area contributed by atoms with Gasteiger partial charge in [-0.2, -0.15) is 5.10 Å². The first-order chi connectivity index (χ1) is 9.68. The molecule has 0 bridgehead atoms. The Labute approximate surface area is 120 Å². The molecule has 0 saturated carbocycles. The zero-order valence-electron chi connectivity index (χ0n) is 12.2. The van der Waals surface area contributed by atoms with Crippen molar-refractivity contribution in [1.82, 2.24) is 20.0 Å². The molecule has 2 heterocycles. The molecule has 1 aliphatic rings. The lowest BCUT2D eigenvalue weighted by Gasteiger charge is -2.45. The van der Waals surface area contributed by atoms with Crippen molar-refractivity contribution in [2.75, 3.05) is 19.6 Å². The van der Waals surface area contributed by atoms with E-state index in [0.29, 0.717) is 0 Å². The second kappa shape index (κ2) is 5.38. The summed E-state index contributed by atoms with van der Waals surface area (Å²) >= 11 is 0. The summed E-state index contributed by atoms with van der Waals surface area (Å²) in [6, 6.07) is 12.9. The lowest BCUT2D eigenvalue weighted by Crippen LogP contribution is -2.57. The van der Waals surface area contributed by atoms with Gasteiger partial charge >= 0.3 is 0 Å². The smallest absolute Gasteiger partial charge is 0.0764 e. The van der Waals surface area contributed by atoms with E-state index in [0.717, 1.165) is 31.9 Å². The number of nitrogens with zero attached hydrogens (tertiary/aromatic N) is 3. The van der Waals surface area contributed by atoms with E-state index in [2.05, 4.69) is 58.6 Å². The van der Waals surface area contributed by atoms with Gasteiger partial charge in [0.25, 0.3) is 0 Å².